The molecule has 0 aromatic carbocycles. The van der Waals surface area contributed by atoms with Gasteiger partial charge in [0.15, 0.2) is 24.6 Å². The minimum absolute atomic E-state index is 0.221. The summed E-state index contributed by atoms with van der Waals surface area (Å²) in [6.45, 7) is 4.93. The molecule has 2 saturated heterocycles. The van der Waals surface area contributed by atoms with Crippen LogP contribution in [-0.2, 0) is 47.5 Å². The average molecular weight is 362 g/mol. The molecule has 0 bridgehead atoms. The van der Waals surface area contributed by atoms with Crippen LogP contribution in [0.1, 0.15) is 27.7 Å². The number of rotatable bonds is 5. The van der Waals surface area contributed by atoms with E-state index < -0.39 is 54.6 Å². The molecule has 142 valence electrons. The van der Waals surface area contributed by atoms with Crippen LogP contribution in [0.15, 0.2) is 0 Å². The van der Waals surface area contributed by atoms with Crippen LogP contribution in [0.5, 0.6) is 0 Å². The van der Waals surface area contributed by atoms with Gasteiger partial charge in [0, 0.05) is 34.8 Å². The summed E-state index contributed by atoms with van der Waals surface area (Å²) in [7, 11) is 1.37. The summed E-state index contributed by atoms with van der Waals surface area (Å²) in [5.74, 6) is -3.19. The molecular weight excluding hydrogens is 340 g/mol. The lowest BCUT2D eigenvalue weighted by atomic mass is 9.98. The van der Waals surface area contributed by atoms with E-state index in [0.717, 1.165) is 0 Å². The highest BCUT2D eigenvalue weighted by molar-refractivity contribution is 5.67. The Morgan fingerprint density at radius 2 is 1.56 bits per heavy atom. The van der Waals surface area contributed by atoms with Gasteiger partial charge in [-0.25, -0.2) is 0 Å². The summed E-state index contributed by atoms with van der Waals surface area (Å²) in [6.07, 6.45) is -4.86. The fourth-order valence-corrected chi connectivity index (χ4v) is 2.67. The zero-order valence-electron chi connectivity index (χ0n) is 14.7. The lowest BCUT2D eigenvalue weighted by molar-refractivity contribution is -0.334. The molecular formula is C15H22O10. The highest BCUT2D eigenvalue weighted by Crippen LogP contribution is 2.39. The number of carbonyl (C=O) groups is 3. The number of hydrogen-bond acceptors (Lipinski definition) is 10. The highest BCUT2D eigenvalue weighted by atomic mass is 16.9. The molecule has 10 nitrogen and oxygen atoms in total. The van der Waals surface area contributed by atoms with Gasteiger partial charge in [0.05, 0.1) is 0 Å². The summed E-state index contributed by atoms with van der Waals surface area (Å²) in [6, 6.07) is 0. The standard InChI is InChI=1S/C15H22O10/c1-7(16)20-6-10-11(21-8(2)17)12(22-9(3)18)13-14(23-10)25-15(4,19-5)24-13/h10-14H,6H2,1-5H3/t10-,11+,12-,13-,14+,15+/m1/s1. The van der Waals surface area contributed by atoms with Crippen LogP contribution in [0, 0.1) is 0 Å². The Balaban J connectivity index is 2.29. The van der Waals surface area contributed by atoms with Crippen molar-refractivity contribution >= 4 is 17.9 Å². The van der Waals surface area contributed by atoms with Gasteiger partial charge in [0.1, 0.15) is 12.7 Å². The Morgan fingerprint density at radius 1 is 0.960 bits per heavy atom. The smallest absolute Gasteiger partial charge is 0.303 e. The summed E-state index contributed by atoms with van der Waals surface area (Å²) < 4.78 is 37.6. The number of fused-ring (bicyclic) bond motifs is 1. The van der Waals surface area contributed by atoms with E-state index in [1.807, 2.05) is 0 Å². The molecule has 25 heavy (non-hydrogen) atoms. The van der Waals surface area contributed by atoms with E-state index in [4.69, 9.17) is 33.2 Å². The monoisotopic (exact) mass is 362 g/mol. The van der Waals surface area contributed by atoms with Crippen molar-refractivity contribution in [2.24, 2.45) is 0 Å². The maximum Gasteiger partial charge on any atom is 0.303 e. The topological polar surface area (TPSA) is 116 Å². The van der Waals surface area contributed by atoms with Crippen LogP contribution < -0.4 is 0 Å². The largest absolute Gasteiger partial charge is 0.463 e. The number of hydrogen-bond donors (Lipinski definition) is 0. The molecule has 2 aliphatic heterocycles. The van der Waals surface area contributed by atoms with Crippen molar-refractivity contribution in [3.8, 4) is 0 Å². The molecule has 0 unspecified atom stereocenters. The van der Waals surface area contributed by atoms with Gasteiger partial charge < -0.3 is 28.4 Å². The first-order valence-electron chi connectivity index (χ1n) is 7.69. The Morgan fingerprint density at radius 3 is 2.08 bits per heavy atom. The van der Waals surface area contributed by atoms with Gasteiger partial charge in [-0.2, -0.15) is 0 Å². The second kappa shape index (κ2) is 7.65. The molecule has 2 fully saturated rings. The van der Waals surface area contributed by atoms with Crippen molar-refractivity contribution in [1.82, 2.24) is 0 Å². The zero-order chi connectivity index (χ0) is 18.8. The predicted octanol–water partition coefficient (Wildman–Crippen LogP) is -0.127. The molecule has 0 saturated carbocycles. The minimum Gasteiger partial charge on any atom is -0.463 e. The Hall–Kier alpha value is -1.75. The Bertz CT molecular complexity index is 534. The maximum absolute atomic E-state index is 11.5. The van der Waals surface area contributed by atoms with Crippen molar-refractivity contribution in [1.29, 1.82) is 0 Å². The van der Waals surface area contributed by atoms with Crippen LogP contribution in [0.4, 0.5) is 0 Å². The molecule has 0 aromatic rings. The molecule has 0 spiro atoms. The van der Waals surface area contributed by atoms with E-state index in [1.165, 1.54) is 34.8 Å². The van der Waals surface area contributed by atoms with Gasteiger partial charge in [0.2, 0.25) is 0 Å². The molecule has 0 N–H and O–H groups in total. The molecule has 0 aromatic heterocycles. The molecule has 6 atom stereocenters. The van der Waals surface area contributed by atoms with E-state index in [-0.39, 0.29) is 6.61 Å². The van der Waals surface area contributed by atoms with Crippen LogP contribution in [-0.4, -0.2) is 68.3 Å². The van der Waals surface area contributed by atoms with Crippen molar-refractivity contribution in [3.63, 3.8) is 0 Å². The quantitative estimate of drug-likeness (QED) is 0.484. The zero-order valence-corrected chi connectivity index (χ0v) is 14.7. The van der Waals surface area contributed by atoms with E-state index in [1.54, 1.807) is 0 Å². The maximum atomic E-state index is 11.5. The first kappa shape index (κ1) is 19.6. The number of carbonyl (C=O) groups excluding carboxylic acids is 3. The van der Waals surface area contributed by atoms with Crippen molar-refractivity contribution < 1.29 is 47.5 Å². The van der Waals surface area contributed by atoms with Crippen molar-refractivity contribution in [3.05, 3.63) is 0 Å². The first-order valence-corrected chi connectivity index (χ1v) is 7.69. The molecule has 0 radical (unpaired) electrons. The van der Waals surface area contributed by atoms with Gasteiger partial charge in [-0.1, -0.05) is 0 Å². The van der Waals surface area contributed by atoms with Crippen LogP contribution in [0.25, 0.3) is 0 Å². The average Bonchev–Trinajstić information content (AvgIpc) is 2.84. The second-order valence-corrected chi connectivity index (χ2v) is 5.76. The fourth-order valence-electron chi connectivity index (χ4n) is 2.67. The summed E-state index contributed by atoms with van der Waals surface area (Å²) in [4.78, 5) is 34.1. The van der Waals surface area contributed by atoms with Gasteiger partial charge >= 0.3 is 17.9 Å². The summed E-state index contributed by atoms with van der Waals surface area (Å²) in [5.41, 5.74) is 0. The summed E-state index contributed by atoms with van der Waals surface area (Å²) in [5, 5.41) is 0. The SMILES string of the molecule is CO[C@]1(C)O[C@@H]2O[C@H](COC(C)=O)[C@H](OC(C)=O)[C@@H](OC(C)=O)[C@H]2O1. The lowest BCUT2D eigenvalue weighted by Gasteiger charge is -2.40. The minimum atomic E-state index is -1.43. The van der Waals surface area contributed by atoms with Gasteiger partial charge in [-0.05, 0) is 0 Å². The number of methoxy groups -OCH3 is 1. The van der Waals surface area contributed by atoms with Gasteiger partial charge in [-0.3, -0.25) is 19.1 Å². The molecule has 0 aliphatic carbocycles. The molecule has 10 heteroatoms. The molecule has 2 aliphatic rings. The van der Waals surface area contributed by atoms with Crippen molar-refractivity contribution in [2.45, 2.75) is 64.4 Å². The third-order valence-electron chi connectivity index (χ3n) is 3.70. The first-order chi connectivity index (χ1) is 11.6. The predicted molar refractivity (Wildman–Crippen MR) is 77.8 cm³/mol. The summed E-state index contributed by atoms with van der Waals surface area (Å²) >= 11 is 0. The Kier molecular flexibility index (Phi) is 5.99. The lowest BCUT2D eigenvalue weighted by Crippen LogP contribution is -2.60. The van der Waals surface area contributed by atoms with E-state index >= 15 is 0 Å². The fraction of sp³-hybridized carbons (Fsp3) is 0.800. The number of ether oxygens (including phenoxy) is 7. The van der Waals surface area contributed by atoms with Gasteiger partial charge in [0.25, 0.3) is 5.97 Å². The molecule has 2 heterocycles. The van der Waals surface area contributed by atoms with E-state index in [0.29, 0.717) is 0 Å². The van der Waals surface area contributed by atoms with Crippen molar-refractivity contribution in [2.75, 3.05) is 13.7 Å². The van der Waals surface area contributed by atoms with Crippen LogP contribution in [0.3, 0.4) is 0 Å². The molecule has 2 rings (SSSR count). The normalized spacial score (nSPS) is 37.1. The van der Waals surface area contributed by atoms with E-state index in [9.17, 15) is 14.4 Å². The highest BCUT2D eigenvalue weighted by Gasteiger charge is 2.59. The third kappa shape index (κ3) is 4.66. The number of esters is 3. The Labute approximate surface area is 144 Å². The third-order valence-corrected chi connectivity index (χ3v) is 3.70. The van der Waals surface area contributed by atoms with E-state index in [2.05, 4.69) is 0 Å². The second-order valence-electron chi connectivity index (χ2n) is 5.76. The van der Waals surface area contributed by atoms with Crippen LogP contribution >= 0.6 is 0 Å². The van der Waals surface area contributed by atoms with Gasteiger partial charge in [-0.15, -0.1) is 0 Å². The molecule has 0 amide bonds. The van der Waals surface area contributed by atoms with Crippen LogP contribution in [0.2, 0.25) is 0 Å².